The van der Waals surface area contributed by atoms with E-state index in [1.807, 2.05) is 44.0 Å². The molecule has 4 heterocycles. The number of hydrogen-bond donors (Lipinski definition) is 1. The Balaban J connectivity index is 1.39. The molecule has 8 nitrogen and oxygen atoms in total. The van der Waals surface area contributed by atoms with E-state index < -0.39 is 5.60 Å². The first-order chi connectivity index (χ1) is 17.3. The summed E-state index contributed by atoms with van der Waals surface area (Å²) in [5.74, 6) is 2.37. The summed E-state index contributed by atoms with van der Waals surface area (Å²) in [4.78, 5) is 28.6. The van der Waals surface area contributed by atoms with E-state index in [2.05, 4.69) is 28.5 Å². The highest BCUT2D eigenvalue weighted by molar-refractivity contribution is 5.81. The number of nitriles is 1. The number of rotatable bonds is 6. The van der Waals surface area contributed by atoms with Crippen LogP contribution in [-0.4, -0.2) is 39.1 Å². The molecule has 1 saturated heterocycles. The van der Waals surface area contributed by atoms with Crippen LogP contribution in [0.15, 0.2) is 48.8 Å². The Morgan fingerprint density at radius 3 is 2.64 bits per heavy atom. The molecule has 0 amide bonds. The fraction of sp³-hybridized carbons (Fsp3) is 0.393. The molecule has 2 fully saturated rings. The van der Waals surface area contributed by atoms with Gasteiger partial charge in [-0.05, 0) is 94.3 Å². The summed E-state index contributed by atoms with van der Waals surface area (Å²) in [6.45, 7) is 6.44. The topological polar surface area (TPSA) is 104 Å². The van der Waals surface area contributed by atoms with Crippen molar-refractivity contribution in [3.05, 3.63) is 59.9 Å². The number of esters is 1. The molecule has 0 spiro atoms. The minimum absolute atomic E-state index is 0.200. The third-order valence-corrected chi connectivity index (χ3v) is 6.31. The number of anilines is 3. The van der Waals surface area contributed by atoms with Crippen molar-refractivity contribution in [3.8, 4) is 17.3 Å². The minimum Gasteiger partial charge on any atom is -0.458 e. The van der Waals surface area contributed by atoms with E-state index in [9.17, 15) is 10.1 Å². The average molecular weight is 483 g/mol. The second kappa shape index (κ2) is 9.57. The largest absolute Gasteiger partial charge is 0.458 e. The Morgan fingerprint density at radius 2 is 1.94 bits per heavy atom. The van der Waals surface area contributed by atoms with Crippen LogP contribution in [0.2, 0.25) is 0 Å². The number of pyridine rings is 3. The van der Waals surface area contributed by atoms with Gasteiger partial charge in [-0.25, -0.2) is 19.7 Å². The minimum atomic E-state index is -0.516. The summed E-state index contributed by atoms with van der Waals surface area (Å²) in [5, 5.41) is 12.4. The molecule has 1 aliphatic heterocycles. The molecule has 5 rings (SSSR count). The van der Waals surface area contributed by atoms with E-state index in [4.69, 9.17) is 14.7 Å². The first-order valence-corrected chi connectivity index (χ1v) is 12.4. The van der Waals surface area contributed by atoms with Gasteiger partial charge in [-0.3, -0.25) is 0 Å². The molecule has 184 valence electrons. The summed E-state index contributed by atoms with van der Waals surface area (Å²) in [7, 11) is 0. The van der Waals surface area contributed by atoms with Crippen LogP contribution in [0.4, 0.5) is 17.5 Å². The van der Waals surface area contributed by atoms with E-state index in [0.717, 1.165) is 36.5 Å². The zero-order valence-corrected chi connectivity index (χ0v) is 20.9. The van der Waals surface area contributed by atoms with Crippen molar-refractivity contribution < 1.29 is 9.53 Å². The predicted octanol–water partition coefficient (Wildman–Crippen LogP) is 5.34. The summed E-state index contributed by atoms with van der Waals surface area (Å²) in [5.41, 5.74) is 2.97. The van der Waals surface area contributed by atoms with Gasteiger partial charge in [0, 0.05) is 24.5 Å². The molecule has 1 N–H and O–H groups in total. The highest BCUT2D eigenvalue weighted by Gasteiger charge is 2.35. The van der Waals surface area contributed by atoms with Crippen molar-refractivity contribution in [1.29, 1.82) is 5.26 Å². The van der Waals surface area contributed by atoms with Gasteiger partial charge in [-0.1, -0.05) is 0 Å². The number of ether oxygens (including phenoxy) is 1. The molecule has 1 atom stereocenters. The lowest BCUT2D eigenvalue weighted by Crippen LogP contribution is -2.40. The number of nitrogens with one attached hydrogen (secondary N) is 1. The summed E-state index contributed by atoms with van der Waals surface area (Å²) >= 11 is 0. The summed E-state index contributed by atoms with van der Waals surface area (Å²) in [6, 6.07) is 13.3. The fourth-order valence-corrected chi connectivity index (χ4v) is 4.48. The Hall–Kier alpha value is -3.99. The molecule has 1 unspecified atom stereocenters. The highest BCUT2D eigenvalue weighted by atomic mass is 16.6. The second-order valence-corrected chi connectivity index (χ2v) is 10.4. The summed E-state index contributed by atoms with van der Waals surface area (Å²) < 4.78 is 5.64. The zero-order valence-electron chi connectivity index (χ0n) is 20.9. The number of hydrogen-bond acceptors (Lipinski definition) is 8. The Kier molecular flexibility index (Phi) is 6.31. The molecule has 3 aromatic heterocycles. The lowest BCUT2D eigenvalue weighted by atomic mass is 10.1. The smallest absolute Gasteiger partial charge is 0.329 e. The van der Waals surface area contributed by atoms with E-state index in [-0.39, 0.29) is 12.0 Å². The normalized spacial score (nSPS) is 17.5. The number of carbonyl (C=O) groups is 1. The monoisotopic (exact) mass is 482 g/mol. The van der Waals surface area contributed by atoms with Gasteiger partial charge >= 0.3 is 5.97 Å². The Labute approximate surface area is 211 Å². The van der Waals surface area contributed by atoms with Crippen molar-refractivity contribution in [2.45, 2.75) is 64.0 Å². The molecule has 3 aromatic rings. The maximum Gasteiger partial charge on any atom is 0.329 e. The highest BCUT2D eigenvalue weighted by Crippen LogP contribution is 2.42. The first-order valence-electron chi connectivity index (χ1n) is 12.4. The van der Waals surface area contributed by atoms with Crippen molar-refractivity contribution in [3.63, 3.8) is 0 Å². The number of nitrogens with zero attached hydrogens (tertiary/aromatic N) is 5. The average Bonchev–Trinajstić information content (AvgIpc) is 3.59. The molecule has 8 heteroatoms. The van der Waals surface area contributed by atoms with Crippen LogP contribution in [0.5, 0.6) is 0 Å². The lowest BCUT2D eigenvalue weighted by molar-refractivity contribution is -0.156. The standard InChI is InChI=1S/C28H30N6O2/c1-28(2,3)36-27(35)23-5-4-12-34(23)26-9-8-20(17-31-26)22-14-21(19-6-7-19)15-25(32-22)33-24-13-18(16-29)10-11-30-24/h8-11,13-15,17,19,23H,4-7,12H2,1-3H3,(H,30,32,33). The van der Waals surface area contributed by atoms with Gasteiger partial charge in [0.05, 0.1) is 17.3 Å². The van der Waals surface area contributed by atoms with E-state index in [1.165, 1.54) is 18.4 Å². The van der Waals surface area contributed by atoms with Gasteiger partial charge in [0.1, 0.15) is 29.1 Å². The third kappa shape index (κ3) is 5.46. The summed E-state index contributed by atoms with van der Waals surface area (Å²) in [6.07, 6.45) is 7.45. The zero-order chi connectivity index (χ0) is 25.3. The maximum absolute atomic E-state index is 12.7. The predicted molar refractivity (Wildman–Crippen MR) is 138 cm³/mol. The molecular formula is C28H30N6O2. The van der Waals surface area contributed by atoms with Crippen LogP contribution in [0, 0.1) is 11.3 Å². The van der Waals surface area contributed by atoms with E-state index in [0.29, 0.717) is 23.1 Å². The van der Waals surface area contributed by atoms with Gasteiger partial charge in [0.2, 0.25) is 0 Å². The van der Waals surface area contributed by atoms with Crippen LogP contribution < -0.4 is 10.2 Å². The van der Waals surface area contributed by atoms with Crippen LogP contribution >= 0.6 is 0 Å². The van der Waals surface area contributed by atoms with E-state index >= 15 is 0 Å². The van der Waals surface area contributed by atoms with Crippen LogP contribution in [0.1, 0.15) is 63.5 Å². The molecule has 1 aliphatic carbocycles. The molecule has 0 radical (unpaired) electrons. The van der Waals surface area contributed by atoms with Crippen molar-refractivity contribution in [2.24, 2.45) is 0 Å². The lowest BCUT2D eigenvalue weighted by Gasteiger charge is -2.28. The molecule has 1 saturated carbocycles. The second-order valence-electron chi connectivity index (χ2n) is 10.4. The van der Waals surface area contributed by atoms with Crippen LogP contribution in [0.3, 0.4) is 0 Å². The van der Waals surface area contributed by atoms with Crippen molar-refractivity contribution in [2.75, 3.05) is 16.8 Å². The van der Waals surface area contributed by atoms with Gasteiger partial charge in [-0.2, -0.15) is 5.26 Å². The number of aromatic nitrogens is 3. The SMILES string of the molecule is CC(C)(C)OC(=O)C1CCCN1c1ccc(-c2cc(C3CC3)cc(Nc3cc(C#N)ccn3)n2)cn1. The van der Waals surface area contributed by atoms with Gasteiger partial charge in [0.25, 0.3) is 0 Å². The van der Waals surface area contributed by atoms with Gasteiger partial charge in [-0.15, -0.1) is 0 Å². The number of carbonyl (C=O) groups excluding carboxylic acids is 1. The van der Waals surface area contributed by atoms with Crippen LogP contribution in [-0.2, 0) is 9.53 Å². The molecule has 0 bridgehead atoms. The molecule has 36 heavy (non-hydrogen) atoms. The first kappa shape index (κ1) is 23.7. The Morgan fingerprint density at radius 1 is 1.11 bits per heavy atom. The van der Waals surface area contributed by atoms with Gasteiger partial charge < -0.3 is 15.0 Å². The van der Waals surface area contributed by atoms with E-state index in [1.54, 1.807) is 18.3 Å². The van der Waals surface area contributed by atoms with Crippen molar-refractivity contribution in [1.82, 2.24) is 15.0 Å². The third-order valence-electron chi connectivity index (χ3n) is 6.31. The molecule has 0 aromatic carbocycles. The molecular weight excluding hydrogens is 452 g/mol. The molecule has 2 aliphatic rings. The van der Waals surface area contributed by atoms with Gasteiger partial charge in [0.15, 0.2) is 0 Å². The quantitative estimate of drug-likeness (QED) is 0.470. The fourth-order valence-electron chi connectivity index (χ4n) is 4.48. The van der Waals surface area contributed by atoms with Crippen molar-refractivity contribution >= 4 is 23.4 Å². The Bertz CT molecular complexity index is 1300. The van der Waals surface area contributed by atoms with Crippen LogP contribution in [0.25, 0.3) is 11.3 Å². The maximum atomic E-state index is 12.7.